The zero-order valence-electron chi connectivity index (χ0n) is 15.5. The Labute approximate surface area is 157 Å². The third-order valence-electron chi connectivity index (χ3n) is 5.15. The van der Waals surface area contributed by atoms with Gasteiger partial charge in [-0.05, 0) is 36.1 Å². The number of benzene rings is 1. The van der Waals surface area contributed by atoms with E-state index < -0.39 is 11.5 Å². The van der Waals surface area contributed by atoms with Gasteiger partial charge in [0.2, 0.25) is 0 Å². The summed E-state index contributed by atoms with van der Waals surface area (Å²) in [5, 5.41) is 2.45. The quantitative estimate of drug-likeness (QED) is 0.795. The summed E-state index contributed by atoms with van der Waals surface area (Å²) in [6.07, 6.45) is 5.17. The number of amides is 1. The van der Waals surface area contributed by atoms with E-state index in [1.54, 1.807) is 19.1 Å². The van der Waals surface area contributed by atoms with E-state index in [-0.39, 0.29) is 23.7 Å². The molecule has 1 saturated carbocycles. The van der Waals surface area contributed by atoms with Crippen LogP contribution in [-0.4, -0.2) is 23.3 Å². The Bertz CT molecular complexity index is 945. The van der Waals surface area contributed by atoms with E-state index in [9.17, 15) is 18.8 Å². The Kier molecular flexibility index (Phi) is 5.54. The van der Waals surface area contributed by atoms with Gasteiger partial charge in [-0.25, -0.2) is 4.39 Å². The van der Waals surface area contributed by atoms with Crippen LogP contribution < -0.4 is 10.9 Å². The predicted molar refractivity (Wildman–Crippen MR) is 101 cm³/mol. The van der Waals surface area contributed by atoms with Crippen LogP contribution in [0.4, 0.5) is 4.39 Å². The fraction of sp³-hybridized carbons (Fsp3) is 0.381. The van der Waals surface area contributed by atoms with E-state index in [0.29, 0.717) is 23.5 Å². The number of aryl methyl sites for hydroxylation is 1. The second-order valence-electron chi connectivity index (χ2n) is 7.16. The first-order chi connectivity index (χ1) is 12.9. The Morgan fingerprint density at radius 1 is 1.26 bits per heavy atom. The molecule has 1 aromatic carbocycles. The van der Waals surface area contributed by atoms with Gasteiger partial charge in [0.15, 0.2) is 5.78 Å². The molecule has 0 spiro atoms. The van der Waals surface area contributed by atoms with E-state index in [4.69, 9.17) is 0 Å². The van der Waals surface area contributed by atoms with Crippen molar-refractivity contribution in [1.29, 1.82) is 0 Å². The number of hydrogen-bond donors (Lipinski definition) is 1. The van der Waals surface area contributed by atoms with Crippen LogP contribution in [-0.2, 0) is 6.54 Å². The van der Waals surface area contributed by atoms with Crippen LogP contribution in [0.25, 0.3) is 0 Å². The van der Waals surface area contributed by atoms with Crippen LogP contribution in [0.2, 0.25) is 0 Å². The van der Waals surface area contributed by atoms with Crippen LogP contribution in [0.3, 0.4) is 0 Å². The number of aromatic nitrogens is 1. The van der Waals surface area contributed by atoms with E-state index in [1.807, 2.05) is 0 Å². The zero-order valence-corrected chi connectivity index (χ0v) is 15.5. The molecule has 3 rings (SSSR count). The summed E-state index contributed by atoms with van der Waals surface area (Å²) in [7, 11) is 1.44. The van der Waals surface area contributed by atoms with Crippen LogP contribution in [0, 0.1) is 18.7 Å². The van der Waals surface area contributed by atoms with Gasteiger partial charge < -0.3 is 9.88 Å². The molecule has 0 aliphatic heterocycles. The molecule has 1 heterocycles. The summed E-state index contributed by atoms with van der Waals surface area (Å²) >= 11 is 0. The Balaban J connectivity index is 1.98. The summed E-state index contributed by atoms with van der Waals surface area (Å²) in [6, 6.07) is 5.98. The molecule has 0 saturated heterocycles. The zero-order chi connectivity index (χ0) is 19.6. The van der Waals surface area contributed by atoms with Gasteiger partial charge in [0.05, 0.1) is 6.54 Å². The highest BCUT2D eigenvalue weighted by atomic mass is 19.1. The Morgan fingerprint density at radius 2 is 2.00 bits per heavy atom. The summed E-state index contributed by atoms with van der Waals surface area (Å²) in [5.41, 5.74) is 1.03. The number of nitrogens with one attached hydrogen (secondary N) is 1. The molecule has 1 N–H and O–H groups in total. The first kappa shape index (κ1) is 19.0. The maximum Gasteiger partial charge on any atom is 0.263 e. The minimum absolute atomic E-state index is 0.0595. The lowest BCUT2D eigenvalue weighted by Crippen LogP contribution is -2.32. The molecule has 1 aromatic heterocycles. The van der Waals surface area contributed by atoms with Gasteiger partial charge in [-0.15, -0.1) is 0 Å². The highest BCUT2D eigenvalue weighted by Crippen LogP contribution is 2.30. The number of halogens is 1. The Morgan fingerprint density at radius 3 is 2.59 bits per heavy atom. The largest absolute Gasteiger partial charge is 0.355 e. The molecule has 6 heteroatoms. The van der Waals surface area contributed by atoms with Crippen LogP contribution in [0.15, 0.2) is 35.3 Å². The molecular weight excluding hydrogens is 347 g/mol. The number of carbonyl (C=O) groups is 2. The number of carbonyl (C=O) groups excluding carboxylic acids is 2. The van der Waals surface area contributed by atoms with Crippen molar-refractivity contribution in [1.82, 2.24) is 9.88 Å². The van der Waals surface area contributed by atoms with Crippen molar-refractivity contribution >= 4 is 11.7 Å². The lowest BCUT2D eigenvalue weighted by atomic mass is 9.81. The summed E-state index contributed by atoms with van der Waals surface area (Å²) in [5.74, 6) is -0.515. The number of rotatable bonds is 6. The van der Waals surface area contributed by atoms with Crippen molar-refractivity contribution in [2.75, 3.05) is 7.05 Å². The van der Waals surface area contributed by atoms with Crippen molar-refractivity contribution in [2.45, 2.75) is 39.2 Å². The van der Waals surface area contributed by atoms with E-state index >= 15 is 0 Å². The van der Waals surface area contributed by atoms with Gasteiger partial charge in [-0.2, -0.15) is 0 Å². The first-order valence-corrected chi connectivity index (χ1v) is 9.14. The maximum atomic E-state index is 13.5. The van der Waals surface area contributed by atoms with Crippen molar-refractivity contribution in [3.8, 4) is 0 Å². The first-order valence-electron chi connectivity index (χ1n) is 9.14. The summed E-state index contributed by atoms with van der Waals surface area (Å²) in [6.45, 7) is 1.81. The molecule has 5 nitrogen and oxygen atoms in total. The molecule has 2 aromatic rings. The molecule has 0 radical (unpaired) electrons. The molecular formula is C21H23FN2O3. The topological polar surface area (TPSA) is 68.2 Å². The average molecular weight is 370 g/mol. The van der Waals surface area contributed by atoms with E-state index in [0.717, 1.165) is 24.8 Å². The third kappa shape index (κ3) is 4.15. The van der Waals surface area contributed by atoms with Gasteiger partial charge in [0.1, 0.15) is 11.4 Å². The van der Waals surface area contributed by atoms with Crippen molar-refractivity contribution in [2.24, 2.45) is 5.92 Å². The second-order valence-corrected chi connectivity index (χ2v) is 7.16. The molecule has 1 fully saturated rings. The van der Waals surface area contributed by atoms with Gasteiger partial charge in [0, 0.05) is 25.2 Å². The monoisotopic (exact) mass is 370 g/mol. The normalized spacial score (nSPS) is 13.9. The predicted octanol–water partition coefficient (Wildman–Crippen LogP) is 3.08. The summed E-state index contributed by atoms with van der Waals surface area (Å²) < 4.78 is 14.8. The van der Waals surface area contributed by atoms with Gasteiger partial charge in [0.25, 0.3) is 11.5 Å². The molecule has 0 unspecified atom stereocenters. The maximum absolute atomic E-state index is 13.5. The van der Waals surface area contributed by atoms with Gasteiger partial charge in [-0.1, -0.05) is 31.4 Å². The van der Waals surface area contributed by atoms with Crippen molar-refractivity contribution in [3.05, 3.63) is 68.9 Å². The molecule has 1 amide bonds. The molecule has 0 bridgehead atoms. The molecule has 1 aliphatic carbocycles. The summed E-state index contributed by atoms with van der Waals surface area (Å²) in [4.78, 5) is 37.5. The third-order valence-corrected chi connectivity index (χ3v) is 5.15. The minimum Gasteiger partial charge on any atom is -0.355 e. The number of hydrogen-bond acceptors (Lipinski definition) is 3. The number of nitrogens with zero attached hydrogens (tertiary/aromatic N) is 1. The number of Topliss-reactive ketones (excluding diaryl/α,β-unsaturated/α-hetero) is 1. The van der Waals surface area contributed by atoms with Crippen LogP contribution >= 0.6 is 0 Å². The van der Waals surface area contributed by atoms with Crippen molar-refractivity contribution in [3.63, 3.8) is 0 Å². The van der Waals surface area contributed by atoms with Crippen LogP contribution in [0.1, 0.15) is 57.5 Å². The van der Waals surface area contributed by atoms with Gasteiger partial charge >= 0.3 is 0 Å². The van der Waals surface area contributed by atoms with Crippen molar-refractivity contribution < 1.29 is 14.0 Å². The SMILES string of the molecule is CNC(=O)c1cc(C(=O)CC2CCC2)cn(Cc2ccc(F)c(C)c2)c1=O. The molecule has 0 atom stereocenters. The molecule has 1 aliphatic rings. The van der Waals surface area contributed by atoms with Crippen LogP contribution in [0.5, 0.6) is 0 Å². The smallest absolute Gasteiger partial charge is 0.263 e. The Hall–Kier alpha value is -2.76. The van der Waals surface area contributed by atoms with E-state index in [1.165, 1.54) is 29.9 Å². The van der Waals surface area contributed by atoms with E-state index in [2.05, 4.69) is 5.32 Å². The highest BCUT2D eigenvalue weighted by molar-refractivity contribution is 6.00. The highest BCUT2D eigenvalue weighted by Gasteiger charge is 2.23. The van der Waals surface area contributed by atoms with Gasteiger partial charge in [-0.3, -0.25) is 14.4 Å². The molecule has 142 valence electrons. The standard InChI is InChI=1S/C21H23FN2O3/c1-13-8-15(6-7-18(13)22)11-24-12-16(19(25)9-14-4-3-5-14)10-17(21(24)27)20(26)23-2/h6-8,10,12,14H,3-5,9,11H2,1-2H3,(H,23,26). The number of ketones is 1. The molecule has 27 heavy (non-hydrogen) atoms. The fourth-order valence-corrected chi connectivity index (χ4v) is 3.28. The lowest BCUT2D eigenvalue weighted by molar-refractivity contribution is 0.0935. The lowest BCUT2D eigenvalue weighted by Gasteiger charge is -2.24. The number of pyridine rings is 1. The fourth-order valence-electron chi connectivity index (χ4n) is 3.28. The average Bonchev–Trinajstić information content (AvgIpc) is 2.62. The second kappa shape index (κ2) is 7.86. The minimum atomic E-state index is -0.526.